The van der Waals surface area contributed by atoms with Crippen LogP contribution in [0.5, 0.6) is 0 Å². The van der Waals surface area contributed by atoms with Crippen LogP contribution < -0.4 is 16.0 Å². The van der Waals surface area contributed by atoms with E-state index in [9.17, 15) is 9.18 Å². The first-order chi connectivity index (χ1) is 9.61. The molecule has 1 fully saturated rings. The molecule has 1 aromatic rings. The van der Waals surface area contributed by atoms with Gasteiger partial charge in [-0.1, -0.05) is 0 Å². The number of nitriles is 1. The first kappa shape index (κ1) is 14.3. The van der Waals surface area contributed by atoms with Gasteiger partial charge in [-0.15, -0.1) is 0 Å². The van der Waals surface area contributed by atoms with Crippen molar-refractivity contribution in [1.82, 2.24) is 5.32 Å². The van der Waals surface area contributed by atoms with Crippen LogP contribution in [-0.4, -0.2) is 31.6 Å². The van der Waals surface area contributed by atoms with E-state index in [1.807, 2.05) is 11.0 Å². The van der Waals surface area contributed by atoms with Crippen molar-refractivity contribution in [3.8, 4) is 6.07 Å². The van der Waals surface area contributed by atoms with Crippen LogP contribution >= 0.6 is 0 Å². The first-order valence-corrected chi connectivity index (χ1v) is 6.57. The van der Waals surface area contributed by atoms with Crippen molar-refractivity contribution in [3.05, 3.63) is 29.6 Å². The molecule has 1 amide bonds. The minimum atomic E-state index is -0.463. The maximum Gasteiger partial charge on any atom is 0.236 e. The molecule has 0 atom stereocenters. The number of nitrogens with two attached hydrogens (primary N) is 1. The van der Waals surface area contributed by atoms with Crippen LogP contribution in [0.1, 0.15) is 18.4 Å². The second-order valence-corrected chi connectivity index (χ2v) is 4.85. The Morgan fingerprint density at radius 2 is 2.20 bits per heavy atom. The van der Waals surface area contributed by atoms with Gasteiger partial charge in [-0.2, -0.15) is 5.26 Å². The Labute approximate surface area is 117 Å². The highest BCUT2D eigenvalue weighted by atomic mass is 19.1. The van der Waals surface area contributed by atoms with E-state index < -0.39 is 11.7 Å². The minimum absolute atomic E-state index is 0.0327. The van der Waals surface area contributed by atoms with Crippen LogP contribution in [0.2, 0.25) is 0 Å². The maximum absolute atomic E-state index is 13.2. The van der Waals surface area contributed by atoms with Crippen LogP contribution in [0, 0.1) is 17.1 Å². The van der Waals surface area contributed by atoms with Gasteiger partial charge in [0.15, 0.2) is 0 Å². The summed E-state index contributed by atoms with van der Waals surface area (Å²) < 4.78 is 13.2. The molecule has 0 saturated carbocycles. The minimum Gasteiger partial charge on any atom is -0.368 e. The van der Waals surface area contributed by atoms with E-state index in [4.69, 9.17) is 11.0 Å². The number of amides is 1. The number of halogens is 1. The van der Waals surface area contributed by atoms with E-state index in [2.05, 4.69) is 5.32 Å². The number of nitrogens with one attached hydrogen (secondary N) is 1. The molecule has 0 unspecified atom stereocenters. The van der Waals surface area contributed by atoms with Gasteiger partial charge in [-0.3, -0.25) is 4.79 Å². The number of primary amides is 1. The maximum atomic E-state index is 13.2. The monoisotopic (exact) mass is 276 g/mol. The molecule has 0 bridgehead atoms. The van der Waals surface area contributed by atoms with E-state index in [0.29, 0.717) is 5.69 Å². The highest BCUT2D eigenvalue weighted by Crippen LogP contribution is 2.26. The molecule has 2 rings (SSSR count). The van der Waals surface area contributed by atoms with Crippen molar-refractivity contribution in [3.63, 3.8) is 0 Å². The van der Waals surface area contributed by atoms with Crippen molar-refractivity contribution in [2.45, 2.75) is 18.9 Å². The lowest BCUT2D eigenvalue weighted by atomic mass is 10.0. The van der Waals surface area contributed by atoms with Gasteiger partial charge in [0.1, 0.15) is 11.9 Å². The zero-order valence-corrected chi connectivity index (χ0v) is 11.1. The third-order valence-electron chi connectivity index (χ3n) is 3.46. The molecule has 0 aliphatic carbocycles. The fraction of sp³-hybridized carbons (Fsp3) is 0.429. The Morgan fingerprint density at radius 3 is 2.80 bits per heavy atom. The lowest BCUT2D eigenvalue weighted by Gasteiger charge is -2.36. The molecular weight excluding hydrogens is 259 g/mol. The van der Waals surface area contributed by atoms with Crippen molar-refractivity contribution in [2.24, 2.45) is 5.73 Å². The fourth-order valence-electron chi connectivity index (χ4n) is 2.55. The van der Waals surface area contributed by atoms with E-state index in [-0.39, 0.29) is 18.2 Å². The third kappa shape index (κ3) is 3.25. The summed E-state index contributed by atoms with van der Waals surface area (Å²) in [5.41, 5.74) is 6.10. The average Bonchev–Trinajstić information content (AvgIpc) is 2.45. The second-order valence-electron chi connectivity index (χ2n) is 4.85. The number of anilines is 1. The van der Waals surface area contributed by atoms with Gasteiger partial charge in [0.05, 0.1) is 17.8 Å². The number of nitrogens with zero attached hydrogens (tertiary/aromatic N) is 2. The van der Waals surface area contributed by atoms with Crippen LogP contribution in [0.3, 0.4) is 0 Å². The van der Waals surface area contributed by atoms with Gasteiger partial charge in [-0.05, 0) is 44.1 Å². The summed E-state index contributed by atoms with van der Waals surface area (Å²) in [6.45, 7) is 1.73. The standard InChI is InChI=1S/C14H17FN4O/c15-11-1-2-13(10(7-11)8-16)19(9-14(17)20)12-3-5-18-6-4-12/h1-2,7,12,18H,3-6,9H2,(H2,17,20). The SMILES string of the molecule is N#Cc1cc(F)ccc1N(CC(N)=O)C1CCNCC1. The molecule has 1 aliphatic rings. The number of carbonyl (C=O) groups excluding carboxylic acids is 1. The summed E-state index contributed by atoms with van der Waals surface area (Å²) in [5.74, 6) is -0.925. The average molecular weight is 276 g/mol. The molecule has 1 heterocycles. The summed E-state index contributed by atoms with van der Waals surface area (Å²) in [6.07, 6.45) is 1.71. The Morgan fingerprint density at radius 1 is 1.50 bits per heavy atom. The number of piperidine rings is 1. The van der Waals surface area contributed by atoms with Gasteiger partial charge >= 0.3 is 0 Å². The highest BCUT2D eigenvalue weighted by Gasteiger charge is 2.24. The molecule has 20 heavy (non-hydrogen) atoms. The Balaban J connectivity index is 2.35. The van der Waals surface area contributed by atoms with Crippen molar-refractivity contribution < 1.29 is 9.18 Å². The molecule has 0 radical (unpaired) electrons. The number of hydrogen-bond donors (Lipinski definition) is 2. The van der Waals surface area contributed by atoms with E-state index in [1.54, 1.807) is 6.07 Å². The highest BCUT2D eigenvalue weighted by molar-refractivity contribution is 5.80. The van der Waals surface area contributed by atoms with Crippen LogP contribution in [0.15, 0.2) is 18.2 Å². The zero-order valence-electron chi connectivity index (χ0n) is 11.1. The number of benzene rings is 1. The van der Waals surface area contributed by atoms with Gasteiger partial charge < -0.3 is 16.0 Å². The predicted molar refractivity (Wildman–Crippen MR) is 73.5 cm³/mol. The zero-order chi connectivity index (χ0) is 14.5. The van der Waals surface area contributed by atoms with Crippen LogP contribution in [0.4, 0.5) is 10.1 Å². The summed E-state index contributed by atoms with van der Waals surface area (Å²) in [5, 5.41) is 12.4. The Bertz CT molecular complexity index is 534. The molecule has 5 nitrogen and oxygen atoms in total. The summed E-state index contributed by atoms with van der Waals surface area (Å²) in [7, 11) is 0. The molecule has 1 aliphatic heterocycles. The second kappa shape index (κ2) is 6.35. The molecule has 106 valence electrons. The van der Waals surface area contributed by atoms with Gasteiger partial charge in [0.25, 0.3) is 0 Å². The normalized spacial score (nSPS) is 15.6. The fourth-order valence-corrected chi connectivity index (χ4v) is 2.55. The molecule has 6 heteroatoms. The third-order valence-corrected chi connectivity index (χ3v) is 3.46. The number of carbonyl (C=O) groups is 1. The topological polar surface area (TPSA) is 82.2 Å². The number of hydrogen-bond acceptors (Lipinski definition) is 4. The lowest BCUT2D eigenvalue weighted by Crippen LogP contribution is -2.47. The van der Waals surface area contributed by atoms with Crippen LogP contribution in [0.25, 0.3) is 0 Å². The first-order valence-electron chi connectivity index (χ1n) is 6.57. The van der Waals surface area contributed by atoms with E-state index >= 15 is 0 Å². The molecule has 1 aromatic carbocycles. The van der Waals surface area contributed by atoms with Gasteiger partial charge in [0, 0.05) is 6.04 Å². The summed E-state index contributed by atoms with van der Waals surface area (Å²) in [6, 6.07) is 6.13. The summed E-state index contributed by atoms with van der Waals surface area (Å²) in [4.78, 5) is 13.1. The molecule has 0 aromatic heterocycles. The van der Waals surface area contributed by atoms with Crippen LogP contribution in [-0.2, 0) is 4.79 Å². The lowest BCUT2D eigenvalue weighted by molar-refractivity contribution is -0.116. The molecule has 0 spiro atoms. The van der Waals surface area contributed by atoms with Crippen molar-refractivity contribution in [2.75, 3.05) is 24.5 Å². The number of rotatable bonds is 4. The molecular formula is C14H17FN4O. The van der Waals surface area contributed by atoms with Gasteiger partial charge in [-0.25, -0.2) is 4.39 Å². The van der Waals surface area contributed by atoms with Gasteiger partial charge in [0.2, 0.25) is 5.91 Å². The largest absolute Gasteiger partial charge is 0.368 e. The smallest absolute Gasteiger partial charge is 0.236 e. The van der Waals surface area contributed by atoms with E-state index in [0.717, 1.165) is 25.9 Å². The predicted octanol–water partition coefficient (Wildman–Crippen LogP) is 0.741. The van der Waals surface area contributed by atoms with Crippen molar-refractivity contribution in [1.29, 1.82) is 5.26 Å². The van der Waals surface area contributed by atoms with E-state index in [1.165, 1.54) is 12.1 Å². The van der Waals surface area contributed by atoms with Crippen molar-refractivity contribution >= 4 is 11.6 Å². The summed E-state index contributed by atoms with van der Waals surface area (Å²) >= 11 is 0. The Hall–Kier alpha value is -2.13. The Kier molecular flexibility index (Phi) is 4.53. The molecule has 1 saturated heterocycles. The quantitative estimate of drug-likeness (QED) is 0.850. The molecule has 3 N–H and O–H groups in total.